The second kappa shape index (κ2) is 7.68. The Labute approximate surface area is 163 Å². The molecule has 6 nitrogen and oxygen atoms in total. The van der Waals surface area contributed by atoms with Crippen LogP contribution in [0.4, 0.5) is 5.69 Å². The minimum absolute atomic E-state index is 0.0727. The molecule has 1 heterocycles. The highest BCUT2D eigenvalue weighted by molar-refractivity contribution is 9.10. The van der Waals surface area contributed by atoms with Gasteiger partial charge in [-0.3, -0.25) is 4.79 Å². The molecule has 0 radical (unpaired) electrons. The van der Waals surface area contributed by atoms with E-state index in [1.165, 1.54) is 13.2 Å². The average Bonchev–Trinajstić information content (AvgIpc) is 3.06. The van der Waals surface area contributed by atoms with E-state index in [0.717, 1.165) is 0 Å². The Bertz CT molecular complexity index is 953. The second-order valence-corrected chi connectivity index (χ2v) is 6.46. The van der Waals surface area contributed by atoms with Gasteiger partial charge >= 0.3 is 0 Å². The normalized spacial score (nSPS) is 12.5. The number of benzene rings is 2. The number of methoxy groups -OCH3 is 1. The topological polar surface area (TPSA) is 80.6 Å². The van der Waals surface area contributed by atoms with Gasteiger partial charge in [0.25, 0.3) is 5.91 Å². The summed E-state index contributed by atoms with van der Waals surface area (Å²) in [6, 6.07) is 10.1. The second-order valence-electron chi connectivity index (χ2n) is 5.20. The van der Waals surface area contributed by atoms with Crippen molar-refractivity contribution in [2.75, 3.05) is 19.2 Å². The molecule has 0 atom stereocenters. The van der Waals surface area contributed by atoms with E-state index in [1.54, 1.807) is 30.3 Å². The number of hydrogen-bond acceptors (Lipinski definition) is 5. The Hall–Kier alpha value is -2.69. The van der Waals surface area contributed by atoms with Crippen LogP contribution in [-0.2, 0) is 4.79 Å². The molecule has 1 N–H and O–H groups in total. The lowest BCUT2D eigenvalue weighted by atomic mass is 10.1. The van der Waals surface area contributed by atoms with Gasteiger partial charge in [-0.2, -0.15) is 5.26 Å². The first-order chi connectivity index (χ1) is 12.5. The van der Waals surface area contributed by atoms with E-state index in [4.69, 9.17) is 25.8 Å². The van der Waals surface area contributed by atoms with E-state index in [9.17, 15) is 10.1 Å². The Kier molecular flexibility index (Phi) is 5.35. The first-order valence-electron chi connectivity index (χ1n) is 7.37. The Balaban J connectivity index is 1.84. The van der Waals surface area contributed by atoms with Crippen LogP contribution in [0, 0.1) is 11.3 Å². The number of carbonyl (C=O) groups excluding carboxylic acids is 1. The van der Waals surface area contributed by atoms with Crippen LogP contribution in [0.1, 0.15) is 5.56 Å². The van der Waals surface area contributed by atoms with Crippen LogP contribution in [0.2, 0.25) is 5.02 Å². The molecule has 0 bridgehead atoms. The summed E-state index contributed by atoms with van der Waals surface area (Å²) in [6.07, 6.45) is 1.46. The smallest absolute Gasteiger partial charge is 0.266 e. The fourth-order valence-electron chi connectivity index (χ4n) is 2.29. The van der Waals surface area contributed by atoms with E-state index < -0.39 is 5.91 Å². The zero-order valence-electron chi connectivity index (χ0n) is 13.5. The Morgan fingerprint density at radius 1 is 1.35 bits per heavy atom. The van der Waals surface area contributed by atoms with E-state index in [-0.39, 0.29) is 12.4 Å². The number of nitrogens with zero attached hydrogens (tertiary/aromatic N) is 1. The van der Waals surface area contributed by atoms with Crippen molar-refractivity contribution < 1.29 is 19.0 Å². The number of nitriles is 1. The number of halogens is 2. The zero-order chi connectivity index (χ0) is 18.7. The van der Waals surface area contributed by atoms with Gasteiger partial charge in [0.05, 0.1) is 12.1 Å². The monoisotopic (exact) mass is 434 g/mol. The van der Waals surface area contributed by atoms with Crippen molar-refractivity contribution in [2.24, 2.45) is 0 Å². The minimum Gasteiger partial charge on any atom is -0.495 e. The van der Waals surface area contributed by atoms with Crippen LogP contribution in [0.25, 0.3) is 6.08 Å². The molecule has 3 rings (SSSR count). The van der Waals surface area contributed by atoms with E-state index in [0.29, 0.717) is 38.0 Å². The van der Waals surface area contributed by atoms with Gasteiger partial charge < -0.3 is 19.5 Å². The summed E-state index contributed by atoms with van der Waals surface area (Å²) in [5.41, 5.74) is 0.997. The maximum absolute atomic E-state index is 12.4. The standard InChI is InChI=1S/C18H12BrClN2O4/c1-24-15-3-2-12(6-14(15)20)22-18(23)11(8-21)4-10-5-16-17(7-13(10)19)26-9-25-16/h2-7H,9H2,1H3,(H,22,23)/b11-4+. The summed E-state index contributed by atoms with van der Waals surface area (Å²) in [6.45, 7) is 0.138. The molecule has 26 heavy (non-hydrogen) atoms. The number of ether oxygens (including phenoxy) is 3. The van der Waals surface area contributed by atoms with Crippen molar-refractivity contribution >= 4 is 45.2 Å². The van der Waals surface area contributed by atoms with Crippen LogP contribution < -0.4 is 19.5 Å². The van der Waals surface area contributed by atoms with E-state index >= 15 is 0 Å². The fourth-order valence-corrected chi connectivity index (χ4v) is 2.98. The first kappa shape index (κ1) is 18.1. The number of fused-ring (bicyclic) bond motifs is 1. The molecule has 0 unspecified atom stereocenters. The van der Waals surface area contributed by atoms with Gasteiger partial charge in [0, 0.05) is 10.2 Å². The van der Waals surface area contributed by atoms with Gasteiger partial charge in [-0.15, -0.1) is 0 Å². The zero-order valence-corrected chi connectivity index (χ0v) is 15.8. The largest absolute Gasteiger partial charge is 0.495 e. The summed E-state index contributed by atoms with van der Waals surface area (Å²) in [5.74, 6) is 1.09. The number of carbonyl (C=O) groups is 1. The quantitative estimate of drug-likeness (QED) is 0.569. The van der Waals surface area contributed by atoms with Gasteiger partial charge in [-0.1, -0.05) is 27.5 Å². The summed E-state index contributed by atoms with van der Waals surface area (Å²) < 4.78 is 16.3. The maximum atomic E-state index is 12.4. The van der Waals surface area contributed by atoms with Gasteiger partial charge in [-0.25, -0.2) is 0 Å². The highest BCUT2D eigenvalue weighted by Crippen LogP contribution is 2.37. The maximum Gasteiger partial charge on any atom is 0.266 e. The Morgan fingerprint density at radius 2 is 2.08 bits per heavy atom. The molecule has 2 aromatic rings. The van der Waals surface area contributed by atoms with Gasteiger partial charge in [0.1, 0.15) is 17.4 Å². The van der Waals surface area contributed by atoms with Gasteiger partial charge in [-0.05, 0) is 42.0 Å². The van der Waals surface area contributed by atoms with Crippen LogP contribution in [0.3, 0.4) is 0 Å². The molecule has 132 valence electrons. The van der Waals surface area contributed by atoms with Crippen LogP contribution >= 0.6 is 27.5 Å². The lowest BCUT2D eigenvalue weighted by Crippen LogP contribution is -2.13. The Morgan fingerprint density at radius 3 is 2.73 bits per heavy atom. The van der Waals surface area contributed by atoms with Crippen molar-refractivity contribution in [3.63, 3.8) is 0 Å². The number of amides is 1. The molecule has 0 saturated carbocycles. The summed E-state index contributed by atoms with van der Waals surface area (Å²) >= 11 is 9.44. The molecule has 0 spiro atoms. The minimum atomic E-state index is -0.557. The molecular formula is C18H12BrClN2O4. The van der Waals surface area contributed by atoms with Crippen LogP contribution in [0.15, 0.2) is 40.4 Å². The van der Waals surface area contributed by atoms with E-state index in [2.05, 4.69) is 21.2 Å². The molecule has 8 heteroatoms. The average molecular weight is 436 g/mol. The third-order valence-corrected chi connectivity index (χ3v) is 4.55. The van der Waals surface area contributed by atoms with Crippen molar-refractivity contribution in [3.05, 3.63) is 51.0 Å². The summed E-state index contributed by atoms with van der Waals surface area (Å²) in [7, 11) is 1.50. The molecule has 0 aromatic heterocycles. The molecule has 2 aromatic carbocycles. The number of anilines is 1. The highest BCUT2D eigenvalue weighted by atomic mass is 79.9. The van der Waals surface area contributed by atoms with Crippen LogP contribution in [-0.4, -0.2) is 19.8 Å². The van der Waals surface area contributed by atoms with Crippen LogP contribution in [0.5, 0.6) is 17.2 Å². The predicted octanol–water partition coefficient (Wildman–Crippen LogP) is 4.39. The lowest BCUT2D eigenvalue weighted by Gasteiger charge is -2.08. The third kappa shape index (κ3) is 3.77. The first-order valence-corrected chi connectivity index (χ1v) is 8.54. The van der Waals surface area contributed by atoms with E-state index in [1.807, 2.05) is 6.07 Å². The van der Waals surface area contributed by atoms with Crippen molar-refractivity contribution in [1.82, 2.24) is 0 Å². The van der Waals surface area contributed by atoms with Crippen molar-refractivity contribution in [3.8, 4) is 23.3 Å². The molecule has 0 saturated heterocycles. The summed E-state index contributed by atoms with van der Waals surface area (Å²) in [4.78, 5) is 12.4. The molecule has 0 aliphatic carbocycles. The number of hydrogen-bond donors (Lipinski definition) is 1. The SMILES string of the molecule is COc1ccc(NC(=O)/C(C#N)=C/c2cc3c(cc2Br)OCO3)cc1Cl. The lowest BCUT2D eigenvalue weighted by molar-refractivity contribution is -0.112. The highest BCUT2D eigenvalue weighted by Gasteiger charge is 2.17. The van der Waals surface area contributed by atoms with Gasteiger partial charge in [0.2, 0.25) is 6.79 Å². The van der Waals surface area contributed by atoms with Crippen molar-refractivity contribution in [2.45, 2.75) is 0 Å². The number of nitrogens with one attached hydrogen (secondary N) is 1. The molecule has 1 amide bonds. The molecular weight excluding hydrogens is 424 g/mol. The molecule has 1 aliphatic heterocycles. The number of rotatable bonds is 4. The predicted molar refractivity (Wildman–Crippen MR) is 100 cm³/mol. The fraction of sp³-hybridized carbons (Fsp3) is 0.111. The third-order valence-electron chi connectivity index (χ3n) is 3.57. The molecule has 0 fully saturated rings. The molecule has 1 aliphatic rings. The summed E-state index contributed by atoms with van der Waals surface area (Å²) in [5, 5.41) is 12.3. The van der Waals surface area contributed by atoms with Gasteiger partial charge in [0.15, 0.2) is 11.5 Å². The van der Waals surface area contributed by atoms with Crippen molar-refractivity contribution in [1.29, 1.82) is 5.26 Å².